The summed E-state index contributed by atoms with van der Waals surface area (Å²) in [5.74, 6) is -0.786. The molecule has 55 heavy (non-hydrogen) atoms. The minimum Gasteiger partial charge on any atom is -0.344 e. The van der Waals surface area contributed by atoms with E-state index in [-0.39, 0.29) is 22.6 Å². The molecule has 0 fully saturated rings. The zero-order chi connectivity index (χ0) is 41.2. The van der Waals surface area contributed by atoms with Gasteiger partial charge in [0, 0.05) is 47.5 Å². The van der Waals surface area contributed by atoms with Gasteiger partial charge >= 0.3 is 0 Å². The first-order valence-corrected chi connectivity index (χ1v) is 23.7. The predicted molar refractivity (Wildman–Crippen MR) is 212 cm³/mol. The van der Waals surface area contributed by atoms with Crippen molar-refractivity contribution < 1.29 is 56.5 Å². The summed E-state index contributed by atoms with van der Waals surface area (Å²) in [7, 11) is -17.2. The number of hydrogen-bond acceptors (Lipinski definition) is 9. The van der Waals surface area contributed by atoms with E-state index >= 15 is 0 Å². The number of allylic oxidation sites excluding steroid dienone is 8. The second kappa shape index (κ2) is 16.5. The van der Waals surface area contributed by atoms with Gasteiger partial charge in [0.25, 0.3) is 40.5 Å². The molecule has 0 atom stereocenters. The van der Waals surface area contributed by atoms with Gasteiger partial charge in [-0.05, 0) is 87.1 Å². The summed E-state index contributed by atoms with van der Waals surface area (Å²) in [5, 5.41) is 0. The Morgan fingerprint density at radius 3 is 1.85 bits per heavy atom. The second-order valence-electron chi connectivity index (χ2n) is 14.6. The zero-order valence-electron chi connectivity index (χ0n) is 31.4. The van der Waals surface area contributed by atoms with Crippen molar-refractivity contribution in [3.63, 3.8) is 0 Å². The minimum atomic E-state index is -4.47. The van der Waals surface area contributed by atoms with E-state index in [1.165, 1.54) is 24.3 Å². The molecule has 2 aliphatic heterocycles. The minimum absolute atomic E-state index is 0.205. The maximum Gasteiger partial charge on any atom is 0.294 e. The Labute approximate surface area is 324 Å². The molecule has 2 aliphatic rings. The molecule has 4 N–H and O–H groups in total. The van der Waals surface area contributed by atoms with E-state index in [0.29, 0.717) is 54.9 Å². The third kappa shape index (κ3) is 10.9. The smallest absolute Gasteiger partial charge is 0.294 e. The summed E-state index contributed by atoms with van der Waals surface area (Å²) in [4.78, 5) is 1.49. The Balaban J connectivity index is 1.67. The van der Waals surface area contributed by atoms with Gasteiger partial charge in [-0.15, -0.1) is 0 Å². The number of fused-ring (bicyclic) bond motifs is 2. The van der Waals surface area contributed by atoms with Crippen molar-refractivity contribution in [1.82, 2.24) is 0 Å². The molecule has 0 aromatic heterocycles. The first-order chi connectivity index (χ1) is 25.3. The van der Waals surface area contributed by atoms with Gasteiger partial charge in [-0.25, -0.2) is 0 Å². The third-order valence-electron chi connectivity index (χ3n) is 9.93. The molecule has 0 radical (unpaired) electrons. The highest BCUT2D eigenvalue weighted by molar-refractivity contribution is 7.86. The van der Waals surface area contributed by atoms with Gasteiger partial charge < -0.3 is 4.90 Å². The molecule has 2 heterocycles. The first kappa shape index (κ1) is 44.2. The fourth-order valence-corrected chi connectivity index (χ4v) is 9.19. The summed E-state index contributed by atoms with van der Waals surface area (Å²) < 4.78 is 133. The van der Waals surface area contributed by atoms with E-state index in [9.17, 15) is 51.9 Å². The molecule has 14 nitrogen and oxygen atoms in total. The summed E-state index contributed by atoms with van der Waals surface area (Å²) in [6.45, 7) is 10.4. The van der Waals surface area contributed by atoms with Crippen molar-refractivity contribution in [3.05, 3.63) is 95.3 Å². The molecule has 0 spiro atoms. The average molecular weight is 842 g/mol. The second-order valence-corrected chi connectivity index (χ2v) is 20.6. The normalized spacial score (nSPS) is 18.2. The molecule has 0 saturated heterocycles. The Bertz CT molecular complexity index is 2420. The van der Waals surface area contributed by atoms with Gasteiger partial charge in [0.1, 0.15) is 6.54 Å². The van der Waals surface area contributed by atoms with Crippen LogP contribution in [0.1, 0.15) is 77.8 Å². The number of unbranched alkanes of at least 4 members (excludes halogenated alkanes) is 2. The van der Waals surface area contributed by atoms with Crippen molar-refractivity contribution in [2.75, 3.05) is 29.5 Å². The fourth-order valence-electron chi connectivity index (χ4n) is 7.04. The molecule has 0 unspecified atom stereocenters. The van der Waals surface area contributed by atoms with Gasteiger partial charge in [0.2, 0.25) is 5.69 Å². The lowest BCUT2D eigenvalue weighted by molar-refractivity contribution is -0.438. The van der Waals surface area contributed by atoms with Crippen LogP contribution in [0.5, 0.6) is 0 Å². The van der Waals surface area contributed by atoms with E-state index in [4.69, 9.17) is 0 Å². The molecule has 0 saturated carbocycles. The van der Waals surface area contributed by atoms with Crippen LogP contribution in [0.4, 0.5) is 11.4 Å². The number of benzene rings is 2. The quantitative estimate of drug-likeness (QED) is 0.0620. The molecular weight excluding hydrogens is 793 g/mol. The maximum absolute atomic E-state index is 12.0. The van der Waals surface area contributed by atoms with Crippen LogP contribution in [0.15, 0.2) is 93.9 Å². The van der Waals surface area contributed by atoms with Crippen molar-refractivity contribution in [3.8, 4) is 0 Å². The lowest BCUT2D eigenvalue weighted by Crippen LogP contribution is -2.28. The van der Waals surface area contributed by atoms with E-state index in [1.807, 2.05) is 80.6 Å². The van der Waals surface area contributed by atoms with Crippen LogP contribution in [0, 0.1) is 0 Å². The largest absolute Gasteiger partial charge is 0.344 e. The molecule has 2 aromatic rings. The van der Waals surface area contributed by atoms with Crippen LogP contribution in [-0.4, -0.2) is 86.8 Å². The topological polar surface area (TPSA) is 224 Å². The predicted octanol–water partition coefficient (Wildman–Crippen LogP) is 6.02. The first-order valence-electron chi connectivity index (χ1n) is 17.6. The van der Waals surface area contributed by atoms with Crippen molar-refractivity contribution in [2.24, 2.45) is 0 Å². The SMILES string of the molecule is CCC(C=C/C=C1/N(CCCCS(=O)(=O)O)c2ccc(S(=O)(=O)O)cc2C1(C)C)=CC=CC1=[N+](CCCCS(=O)(=O)O)c2ccc(S(=O)(=O)O)cc2C1(C)C. The maximum atomic E-state index is 12.0. The molecule has 2 aromatic carbocycles. The molecule has 0 bridgehead atoms. The lowest BCUT2D eigenvalue weighted by Gasteiger charge is -2.27. The van der Waals surface area contributed by atoms with Gasteiger partial charge in [0.15, 0.2) is 5.71 Å². The standard InChI is InChI=1S/C37H48N2O12S4/c1-6-27(13-11-15-34-36(2,3)30-25-28(54(46,47)48)17-19-32(30)38(34)21-7-9-23-52(40,41)42)14-12-16-35-37(4,5)31-26-29(55(49,50)51)18-20-33(31)39(35)22-8-10-24-53(43,44)45/h11-20,25-26H,6-10,21-24H2,1-5H3,(H3-,40,41,42,43,44,45,46,47,48,49,50,51)/p+1. The summed E-state index contributed by atoms with van der Waals surface area (Å²) >= 11 is 0. The number of anilines is 1. The van der Waals surface area contributed by atoms with E-state index in [0.717, 1.165) is 17.0 Å². The van der Waals surface area contributed by atoms with Crippen molar-refractivity contribution in [1.29, 1.82) is 0 Å². The summed E-state index contributed by atoms with van der Waals surface area (Å²) in [6, 6.07) is 8.72. The van der Waals surface area contributed by atoms with Gasteiger partial charge in [0.05, 0.1) is 26.7 Å². The van der Waals surface area contributed by atoms with Gasteiger partial charge in [-0.2, -0.15) is 38.2 Å². The van der Waals surface area contributed by atoms with Crippen LogP contribution in [0.25, 0.3) is 0 Å². The molecular formula is C37H49N2O12S4+. The third-order valence-corrected chi connectivity index (χ3v) is 13.2. The van der Waals surface area contributed by atoms with E-state index < -0.39 is 62.8 Å². The molecule has 4 rings (SSSR count). The van der Waals surface area contributed by atoms with Crippen LogP contribution >= 0.6 is 0 Å². The Morgan fingerprint density at radius 1 is 0.727 bits per heavy atom. The highest BCUT2D eigenvalue weighted by Gasteiger charge is 2.45. The summed E-state index contributed by atoms with van der Waals surface area (Å²) in [6.07, 6.45) is 13.2. The van der Waals surface area contributed by atoms with Crippen LogP contribution in [0.2, 0.25) is 0 Å². The van der Waals surface area contributed by atoms with Crippen molar-refractivity contribution in [2.45, 2.75) is 87.3 Å². The molecule has 0 amide bonds. The van der Waals surface area contributed by atoms with Crippen molar-refractivity contribution >= 4 is 57.6 Å². The average Bonchev–Trinajstić information content (AvgIpc) is 3.40. The van der Waals surface area contributed by atoms with E-state index in [1.54, 1.807) is 12.1 Å². The van der Waals surface area contributed by atoms with Crippen LogP contribution in [0.3, 0.4) is 0 Å². The molecule has 0 aliphatic carbocycles. The number of hydrogen-bond donors (Lipinski definition) is 4. The Hall–Kier alpha value is -3.49. The van der Waals surface area contributed by atoms with E-state index in [2.05, 4.69) is 0 Å². The fraction of sp³-hybridized carbons (Fsp3) is 0.432. The zero-order valence-corrected chi connectivity index (χ0v) is 34.6. The Kier molecular flexibility index (Phi) is 13.3. The van der Waals surface area contributed by atoms with Crippen LogP contribution in [-0.2, 0) is 51.3 Å². The monoisotopic (exact) mass is 841 g/mol. The Morgan fingerprint density at radius 2 is 1.29 bits per heavy atom. The highest BCUT2D eigenvalue weighted by Crippen LogP contribution is 2.48. The highest BCUT2D eigenvalue weighted by atomic mass is 32.2. The van der Waals surface area contributed by atoms with Crippen LogP contribution < -0.4 is 4.90 Å². The van der Waals surface area contributed by atoms with Gasteiger partial charge in [-0.3, -0.25) is 18.2 Å². The number of nitrogens with zero attached hydrogens (tertiary/aromatic N) is 2. The lowest BCUT2D eigenvalue weighted by atomic mass is 9.81. The number of rotatable bonds is 17. The molecule has 18 heteroatoms. The van der Waals surface area contributed by atoms with Gasteiger partial charge in [-0.1, -0.05) is 45.1 Å². The summed E-state index contributed by atoms with van der Waals surface area (Å²) in [5.41, 5.74) is 3.86. The molecule has 302 valence electrons.